The van der Waals surface area contributed by atoms with Crippen molar-refractivity contribution in [1.29, 1.82) is 0 Å². The molecule has 0 spiro atoms. The van der Waals surface area contributed by atoms with E-state index in [4.69, 9.17) is 9.47 Å². The second-order valence-electron chi connectivity index (χ2n) is 3.66. The quantitative estimate of drug-likeness (QED) is 0.776. The molecule has 0 fully saturated rings. The maximum atomic E-state index is 11.3. The number of nitrogens with one attached hydrogen (secondary N) is 1. The van der Waals surface area contributed by atoms with Crippen molar-refractivity contribution in [3.63, 3.8) is 0 Å². The van der Waals surface area contributed by atoms with E-state index in [0.29, 0.717) is 23.6 Å². The van der Waals surface area contributed by atoms with E-state index in [9.17, 15) is 9.59 Å². The number of carbonyl (C=O) groups excluding carboxylic acids is 2. The van der Waals surface area contributed by atoms with Gasteiger partial charge in [0.2, 0.25) is 0 Å². The van der Waals surface area contributed by atoms with Gasteiger partial charge in [0.25, 0.3) is 5.91 Å². The van der Waals surface area contributed by atoms with Crippen molar-refractivity contribution in [2.45, 2.75) is 13.8 Å². The van der Waals surface area contributed by atoms with E-state index in [0.717, 1.165) is 0 Å². The molecular weight excluding hydrogens is 234 g/mol. The molecule has 0 aromatic heterocycles. The van der Waals surface area contributed by atoms with Crippen molar-refractivity contribution < 1.29 is 19.1 Å². The number of ketones is 1. The number of rotatable bonds is 6. The van der Waals surface area contributed by atoms with Gasteiger partial charge in [-0.25, -0.2) is 0 Å². The van der Waals surface area contributed by atoms with Crippen molar-refractivity contribution >= 4 is 11.7 Å². The summed E-state index contributed by atoms with van der Waals surface area (Å²) < 4.78 is 10.4. The molecule has 0 saturated carbocycles. The van der Waals surface area contributed by atoms with Gasteiger partial charge in [-0.1, -0.05) is 0 Å². The van der Waals surface area contributed by atoms with Gasteiger partial charge < -0.3 is 14.8 Å². The Hall–Kier alpha value is -2.04. The standard InChI is InChI=1S/C13H17NO4/c1-4-14-13(16)8-18-11-6-5-10(9(2)15)7-12(11)17-3/h5-7H,4,8H2,1-3H3,(H,14,16). The van der Waals surface area contributed by atoms with Gasteiger partial charge in [0.05, 0.1) is 7.11 Å². The third-order valence-corrected chi connectivity index (χ3v) is 2.30. The number of benzene rings is 1. The van der Waals surface area contributed by atoms with E-state index < -0.39 is 0 Å². The average molecular weight is 251 g/mol. The van der Waals surface area contributed by atoms with Gasteiger partial charge in [0.1, 0.15) is 0 Å². The molecule has 0 atom stereocenters. The lowest BCUT2D eigenvalue weighted by Crippen LogP contribution is -2.28. The fourth-order valence-corrected chi connectivity index (χ4v) is 1.40. The predicted octanol–water partition coefficient (Wildman–Crippen LogP) is 1.41. The molecule has 98 valence electrons. The van der Waals surface area contributed by atoms with Crippen LogP contribution in [0.4, 0.5) is 0 Å². The van der Waals surface area contributed by atoms with Crippen LogP contribution in [0.1, 0.15) is 24.2 Å². The minimum Gasteiger partial charge on any atom is -0.493 e. The van der Waals surface area contributed by atoms with Crippen LogP contribution < -0.4 is 14.8 Å². The smallest absolute Gasteiger partial charge is 0.257 e. The molecule has 0 saturated heterocycles. The first-order valence-corrected chi connectivity index (χ1v) is 5.67. The number of amides is 1. The highest BCUT2D eigenvalue weighted by atomic mass is 16.5. The topological polar surface area (TPSA) is 64.6 Å². The minimum absolute atomic E-state index is 0.0522. The molecule has 0 heterocycles. The Kier molecular flexibility index (Phi) is 5.17. The second kappa shape index (κ2) is 6.64. The molecule has 0 aliphatic carbocycles. The maximum absolute atomic E-state index is 11.3. The molecular formula is C13H17NO4. The monoisotopic (exact) mass is 251 g/mol. The molecule has 0 aliphatic heterocycles. The van der Waals surface area contributed by atoms with Gasteiger partial charge >= 0.3 is 0 Å². The number of ether oxygens (including phenoxy) is 2. The molecule has 1 N–H and O–H groups in total. The zero-order chi connectivity index (χ0) is 13.5. The third kappa shape index (κ3) is 3.76. The van der Waals surface area contributed by atoms with E-state index in [1.54, 1.807) is 18.2 Å². The highest BCUT2D eigenvalue weighted by Crippen LogP contribution is 2.28. The molecule has 18 heavy (non-hydrogen) atoms. The normalized spacial score (nSPS) is 9.72. The predicted molar refractivity (Wildman–Crippen MR) is 67.2 cm³/mol. The summed E-state index contributed by atoms with van der Waals surface area (Å²) in [7, 11) is 1.48. The summed E-state index contributed by atoms with van der Waals surface area (Å²) >= 11 is 0. The molecule has 0 aliphatic rings. The summed E-state index contributed by atoms with van der Waals surface area (Å²) in [5.41, 5.74) is 0.539. The summed E-state index contributed by atoms with van der Waals surface area (Å²) in [5.74, 6) is 0.625. The summed E-state index contributed by atoms with van der Waals surface area (Å²) in [6.07, 6.45) is 0. The molecule has 0 unspecified atom stereocenters. The molecule has 1 aromatic rings. The Labute approximate surface area is 106 Å². The number of hydrogen-bond acceptors (Lipinski definition) is 4. The maximum Gasteiger partial charge on any atom is 0.257 e. The fourth-order valence-electron chi connectivity index (χ4n) is 1.40. The van der Waals surface area contributed by atoms with E-state index in [1.807, 2.05) is 6.92 Å². The van der Waals surface area contributed by atoms with Crippen molar-refractivity contribution in [2.75, 3.05) is 20.3 Å². The van der Waals surface area contributed by atoms with Crippen LogP contribution in [0.25, 0.3) is 0 Å². The number of likely N-dealkylation sites (N-methyl/N-ethyl adjacent to an activating group) is 1. The van der Waals surface area contributed by atoms with Crippen LogP contribution in [-0.2, 0) is 4.79 Å². The first kappa shape index (κ1) is 14.0. The molecule has 0 radical (unpaired) electrons. The van der Waals surface area contributed by atoms with E-state index in [2.05, 4.69) is 5.32 Å². The fraction of sp³-hybridized carbons (Fsp3) is 0.385. The zero-order valence-corrected chi connectivity index (χ0v) is 10.8. The number of methoxy groups -OCH3 is 1. The second-order valence-corrected chi connectivity index (χ2v) is 3.66. The zero-order valence-electron chi connectivity index (χ0n) is 10.8. The van der Waals surface area contributed by atoms with Crippen LogP contribution in [0.15, 0.2) is 18.2 Å². The highest BCUT2D eigenvalue weighted by molar-refractivity contribution is 5.94. The first-order chi connectivity index (χ1) is 8.58. The van der Waals surface area contributed by atoms with Crippen molar-refractivity contribution in [2.24, 2.45) is 0 Å². The summed E-state index contributed by atoms with van der Waals surface area (Å²) in [4.78, 5) is 22.5. The SMILES string of the molecule is CCNC(=O)COc1ccc(C(C)=O)cc1OC. The van der Waals surface area contributed by atoms with Gasteiger partial charge in [0.15, 0.2) is 23.9 Å². The van der Waals surface area contributed by atoms with Gasteiger partial charge in [-0.3, -0.25) is 9.59 Å². The molecule has 5 heteroatoms. The van der Waals surface area contributed by atoms with E-state index in [1.165, 1.54) is 14.0 Å². The van der Waals surface area contributed by atoms with Crippen LogP contribution in [-0.4, -0.2) is 32.0 Å². The van der Waals surface area contributed by atoms with Crippen molar-refractivity contribution in [3.8, 4) is 11.5 Å². The van der Waals surface area contributed by atoms with Gasteiger partial charge in [-0.2, -0.15) is 0 Å². The van der Waals surface area contributed by atoms with Crippen LogP contribution in [0.2, 0.25) is 0 Å². The van der Waals surface area contributed by atoms with Crippen molar-refractivity contribution in [1.82, 2.24) is 5.32 Å². The molecule has 1 aromatic carbocycles. The molecule has 0 bridgehead atoms. The Morgan fingerprint density at radius 2 is 2.00 bits per heavy atom. The number of Topliss-reactive ketones (excluding diaryl/α,β-unsaturated/α-hetero) is 1. The lowest BCUT2D eigenvalue weighted by molar-refractivity contribution is -0.123. The van der Waals surface area contributed by atoms with E-state index >= 15 is 0 Å². The largest absolute Gasteiger partial charge is 0.493 e. The minimum atomic E-state index is -0.199. The Bertz CT molecular complexity index is 443. The Balaban J connectivity index is 2.76. The lowest BCUT2D eigenvalue weighted by atomic mass is 10.1. The van der Waals surface area contributed by atoms with Gasteiger partial charge in [0, 0.05) is 12.1 Å². The van der Waals surface area contributed by atoms with Crippen LogP contribution >= 0.6 is 0 Å². The van der Waals surface area contributed by atoms with Gasteiger partial charge in [-0.05, 0) is 32.0 Å². The molecule has 5 nitrogen and oxygen atoms in total. The van der Waals surface area contributed by atoms with Crippen molar-refractivity contribution in [3.05, 3.63) is 23.8 Å². The number of carbonyl (C=O) groups is 2. The summed E-state index contributed by atoms with van der Waals surface area (Å²) in [6.45, 7) is 3.79. The lowest BCUT2D eigenvalue weighted by Gasteiger charge is -2.11. The Morgan fingerprint density at radius 3 is 2.56 bits per heavy atom. The summed E-state index contributed by atoms with van der Waals surface area (Å²) in [6, 6.07) is 4.85. The third-order valence-electron chi connectivity index (χ3n) is 2.30. The average Bonchev–Trinajstić information content (AvgIpc) is 2.36. The highest BCUT2D eigenvalue weighted by Gasteiger charge is 2.09. The molecule has 1 rings (SSSR count). The molecule has 1 amide bonds. The van der Waals surface area contributed by atoms with E-state index in [-0.39, 0.29) is 18.3 Å². The van der Waals surface area contributed by atoms with Crippen LogP contribution in [0.5, 0.6) is 11.5 Å². The van der Waals surface area contributed by atoms with Gasteiger partial charge in [-0.15, -0.1) is 0 Å². The number of hydrogen-bond donors (Lipinski definition) is 1. The summed E-state index contributed by atoms with van der Waals surface area (Å²) in [5, 5.41) is 2.62. The Morgan fingerprint density at radius 1 is 1.28 bits per heavy atom. The van der Waals surface area contributed by atoms with Crippen LogP contribution in [0, 0.1) is 0 Å². The van der Waals surface area contributed by atoms with Crippen LogP contribution in [0.3, 0.4) is 0 Å². The first-order valence-electron chi connectivity index (χ1n) is 5.67.